The van der Waals surface area contributed by atoms with Crippen LogP contribution in [0.1, 0.15) is 29.6 Å². The first kappa shape index (κ1) is 19.4. The zero-order valence-corrected chi connectivity index (χ0v) is 15.7. The molecule has 0 saturated heterocycles. The third kappa shape index (κ3) is 4.67. The van der Waals surface area contributed by atoms with Crippen LogP contribution in [-0.4, -0.2) is 45.7 Å². The van der Waals surface area contributed by atoms with E-state index < -0.39 is 34.2 Å². The van der Waals surface area contributed by atoms with Gasteiger partial charge in [-0.3, -0.25) is 8.98 Å². The molecule has 0 N–H and O–H groups in total. The van der Waals surface area contributed by atoms with Crippen molar-refractivity contribution in [1.29, 1.82) is 0 Å². The SMILES string of the molecule is COC(=O)c1ccc(OC2=COC3CC(OS(C)(=O)=O)CCC3C2=O)cc1. The molecular formula is C18H20O8S. The Morgan fingerprint density at radius 2 is 1.89 bits per heavy atom. The highest BCUT2D eigenvalue weighted by molar-refractivity contribution is 7.86. The molecule has 1 heterocycles. The predicted octanol–water partition coefficient (Wildman–Crippen LogP) is 1.81. The summed E-state index contributed by atoms with van der Waals surface area (Å²) in [6.45, 7) is 0. The van der Waals surface area contributed by atoms with Gasteiger partial charge in [-0.15, -0.1) is 0 Å². The quantitative estimate of drug-likeness (QED) is 0.548. The fraction of sp³-hybridized carbons (Fsp3) is 0.444. The van der Waals surface area contributed by atoms with Crippen LogP contribution in [0.5, 0.6) is 5.75 Å². The third-order valence-electron chi connectivity index (χ3n) is 4.49. The van der Waals surface area contributed by atoms with Gasteiger partial charge >= 0.3 is 5.97 Å². The molecular weight excluding hydrogens is 376 g/mol. The molecule has 1 aliphatic carbocycles. The average molecular weight is 396 g/mol. The molecule has 8 nitrogen and oxygen atoms in total. The lowest BCUT2D eigenvalue weighted by Crippen LogP contribution is -2.42. The van der Waals surface area contributed by atoms with Gasteiger partial charge in [0.15, 0.2) is 0 Å². The Kier molecular flexibility index (Phi) is 5.52. The molecule has 146 valence electrons. The monoisotopic (exact) mass is 396 g/mol. The number of Topliss-reactive ketones (excluding diaryl/α,β-unsaturated/α-hetero) is 1. The number of hydrogen-bond donors (Lipinski definition) is 0. The molecule has 1 saturated carbocycles. The van der Waals surface area contributed by atoms with E-state index >= 15 is 0 Å². The van der Waals surface area contributed by atoms with Crippen molar-refractivity contribution in [3.63, 3.8) is 0 Å². The van der Waals surface area contributed by atoms with Gasteiger partial charge in [0.2, 0.25) is 11.5 Å². The molecule has 3 atom stereocenters. The van der Waals surface area contributed by atoms with Crippen molar-refractivity contribution < 1.29 is 36.4 Å². The van der Waals surface area contributed by atoms with E-state index in [0.29, 0.717) is 30.6 Å². The first-order valence-electron chi connectivity index (χ1n) is 8.41. The van der Waals surface area contributed by atoms with Crippen LogP contribution in [0.25, 0.3) is 0 Å². The Morgan fingerprint density at radius 1 is 1.19 bits per heavy atom. The Bertz CT molecular complexity index is 856. The maximum Gasteiger partial charge on any atom is 0.337 e. The zero-order chi connectivity index (χ0) is 19.6. The number of allylic oxidation sites excluding steroid dienone is 1. The number of benzene rings is 1. The van der Waals surface area contributed by atoms with E-state index in [-0.39, 0.29) is 11.5 Å². The highest BCUT2D eigenvalue weighted by atomic mass is 32.2. The van der Waals surface area contributed by atoms with E-state index in [2.05, 4.69) is 4.74 Å². The second-order valence-electron chi connectivity index (χ2n) is 6.48. The normalized spacial score (nSPS) is 25.0. The number of methoxy groups -OCH3 is 1. The number of rotatable bonds is 5. The van der Waals surface area contributed by atoms with Crippen LogP contribution >= 0.6 is 0 Å². The second kappa shape index (κ2) is 7.69. The lowest BCUT2D eigenvalue weighted by molar-refractivity contribution is -0.131. The van der Waals surface area contributed by atoms with Gasteiger partial charge in [-0.2, -0.15) is 8.42 Å². The van der Waals surface area contributed by atoms with Crippen molar-refractivity contribution in [2.24, 2.45) is 5.92 Å². The molecule has 3 unspecified atom stereocenters. The summed E-state index contributed by atoms with van der Waals surface area (Å²) < 4.78 is 43.4. The molecule has 1 fully saturated rings. The number of hydrogen-bond acceptors (Lipinski definition) is 8. The van der Waals surface area contributed by atoms with Crippen LogP contribution in [0.3, 0.4) is 0 Å². The molecule has 9 heteroatoms. The van der Waals surface area contributed by atoms with Gasteiger partial charge in [-0.25, -0.2) is 4.79 Å². The molecule has 1 aromatic rings. The van der Waals surface area contributed by atoms with Gasteiger partial charge in [-0.05, 0) is 37.1 Å². The Labute approximate surface area is 157 Å². The molecule has 1 aliphatic heterocycles. The van der Waals surface area contributed by atoms with Crippen LogP contribution in [0.2, 0.25) is 0 Å². The lowest BCUT2D eigenvalue weighted by atomic mass is 9.80. The van der Waals surface area contributed by atoms with E-state index in [9.17, 15) is 18.0 Å². The Balaban J connectivity index is 1.66. The van der Waals surface area contributed by atoms with Crippen LogP contribution in [0.15, 0.2) is 36.3 Å². The summed E-state index contributed by atoms with van der Waals surface area (Å²) in [5, 5.41) is 0. The maximum absolute atomic E-state index is 12.7. The fourth-order valence-corrected chi connectivity index (χ4v) is 3.91. The number of carbonyl (C=O) groups excluding carboxylic acids is 2. The fourth-order valence-electron chi connectivity index (χ4n) is 3.25. The highest BCUT2D eigenvalue weighted by Crippen LogP contribution is 2.35. The van der Waals surface area contributed by atoms with Crippen LogP contribution in [0, 0.1) is 5.92 Å². The number of fused-ring (bicyclic) bond motifs is 1. The number of carbonyl (C=O) groups is 2. The summed E-state index contributed by atoms with van der Waals surface area (Å²) in [7, 11) is -2.26. The molecule has 3 rings (SSSR count). The molecule has 0 aromatic heterocycles. The standard InChI is InChI=1S/C18H20O8S/c1-23-18(20)11-3-5-12(6-4-11)25-16-10-24-15-9-13(26-27(2,21)22)7-8-14(15)17(16)19/h3-6,10,13-15H,7-9H2,1-2H3. The first-order chi connectivity index (χ1) is 12.8. The molecule has 0 spiro atoms. The minimum absolute atomic E-state index is 0.0737. The molecule has 2 aliphatic rings. The minimum Gasteiger partial charge on any atom is -0.493 e. The highest BCUT2D eigenvalue weighted by Gasteiger charge is 2.42. The molecule has 0 bridgehead atoms. The average Bonchev–Trinajstić information content (AvgIpc) is 2.62. The summed E-state index contributed by atoms with van der Waals surface area (Å²) >= 11 is 0. The summed E-state index contributed by atoms with van der Waals surface area (Å²) in [5.41, 5.74) is 0.370. The van der Waals surface area contributed by atoms with E-state index in [1.165, 1.54) is 25.5 Å². The van der Waals surface area contributed by atoms with E-state index in [4.69, 9.17) is 13.7 Å². The molecule has 27 heavy (non-hydrogen) atoms. The Morgan fingerprint density at radius 3 is 2.52 bits per heavy atom. The topological polar surface area (TPSA) is 105 Å². The largest absolute Gasteiger partial charge is 0.493 e. The van der Waals surface area contributed by atoms with Crippen molar-refractivity contribution >= 4 is 21.9 Å². The van der Waals surface area contributed by atoms with Crippen molar-refractivity contribution in [3.05, 3.63) is 41.9 Å². The maximum atomic E-state index is 12.7. The molecule has 0 amide bonds. The summed E-state index contributed by atoms with van der Waals surface area (Å²) in [6.07, 6.45) is 2.55. The van der Waals surface area contributed by atoms with Gasteiger partial charge in [0.1, 0.15) is 18.1 Å². The number of ether oxygens (including phenoxy) is 3. The van der Waals surface area contributed by atoms with E-state index in [1.54, 1.807) is 12.1 Å². The van der Waals surface area contributed by atoms with Gasteiger partial charge in [0, 0.05) is 6.42 Å². The summed E-state index contributed by atoms with van der Waals surface area (Å²) in [4.78, 5) is 24.1. The second-order valence-corrected chi connectivity index (χ2v) is 8.08. The summed E-state index contributed by atoms with van der Waals surface area (Å²) in [6, 6.07) is 6.19. The molecule has 1 aromatic carbocycles. The van der Waals surface area contributed by atoms with E-state index in [0.717, 1.165) is 6.26 Å². The van der Waals surface area contributed by atoms with Crippen LogP contribution in [-0.2, 0) is 28.6 Å². The smallest absolute Gasteiger partial charge is 0.337 e. The van der Waals surface area contributed by atoms with Crippen LogP contribution < -0.4 is 4.74 Å². The van der Waals surface area contributed by atoms with Crippen molar-refractivity contribution in [2.75, 3.05) is 13.4 Å². The molecule has 0 radical (unpaired) electrons. The van der Waals surface area contributed by atoms with Crippen molar-refractivity contribution in [1.82, 2.24) is 0 Å². The minimum atomic E-state index is -3.55. The Hall–Kier alpha value is -2.39. The van der Waals surface area contributed by atoms with Crippen LogP contribution in [0.4, 0.5) is 0 Å². The zero-order valence-electron chi connectivity index (χ0n) is 14.9. The van der Waals surface area contributed by atoms with Crippen molar-refractivity contribution in [3.8, 4) is 5.75 Å². The number of esters is 1. The van der Waals surface area contributed by atoms with Gasteiger partial charge < -0.3 is 14.2 Å². The van der Waals surface area contributed by atoms with Crippen molar-refractivity contribution in [2.45, 2.75) is 31.5 Å². The van der Waals surface area contributed by atoms with Gasteiger partial charge in [0.05, 0.1) is 31.0 Å². The van der Waals surface area contributed by atoms with Gasteiger partial charge in [0.25, 0.3) is 10.1 Å². The van der Waals surface area contributed by atoms with Gasteiger partial charge in [-0.1, -0.05) is 0 Å². The lowest BCUT2D eigenvalue weighted by Gasteiger charge is -2.36. The van der Waals surface area contributed by atoms with E-state index in [1.807, 2.05) is 0 Å². The first-order valence-corrected chi connectivity index (χ1v) is 10.2. The summed E-state index contributed by atoms with van der Waals surface area (Å²) in [5.74, 6) is -0.600. The predicted molar refractivity (Wildman–Crippen MR) is 93.4 cm³/mol. The third-order valence-corrected chi connectivity index (χ3v) is 5.11. The number of ketones is 1.